The SMILES string of the molecule is CCCCCCCCCCCCCCCCCCC=CCCC(O)C(=O)NC(COC1OC(CO)C(O)C(O)C1O)C(O)C=CCCCCCCCCCC(C)CC. The van der Waals surface area contributed by atoms with Crippen LogP contribution in [-0.2, 0) is 14.3 Å². The number of rotatable bonds is 39. The zero-order chi connectivity index (χ0) is 42.6. The molecule has 9 atom stereocenters. The van der Waals surface area contributed by atoms with Gasteiger partial charge in [-0.05, 0) is 44.4 Å². The Morgan fingerprint density at radius 3 is 1.64 bits per heavy atom. The highest BCUT2D eigenvalue weighted by Gasteiger charge is 2.44. The van der Waals surface area contributed by atoms with Gasteiger partial charge in [-0.15, -0.1) is 0 Å². The average molecular weight is 826 g/mol. The molecule has 342 valence electrons. The van der Waals surface area contributed by atoms with Crippen LogP contribution in [0.4, 0.5) is 0 Å². The van der Waals surface area contributed by atoms with Crippen LogP contribution in [0.25, 0.3) is 0 Å². The molecule has 0 aromatic carbocycles. The molecule has 0 radical (unpaired) electrons. The first-order chi connectivity index (χ1) is 28.2. The van der Waals surface area contributed by atoms with Crippen molar-refractivity contribution in [3.63, 3.8) is 0 Å². The summed E-state index contributed by atoms with van der Waals surface area (Å²) in [6.45, 7) is 5.92. The second kappa shape index (κ2) is 37.4. The van der Waals surface area contributed by atoms with Crippen LogP contribution in [0.2, 0.25) is 0 Å². The van der Waals surface area contributed by atoms with Crippen LogP contribution in [0, 0.1) is 5.92 Å². The fraction of sp³-hybridized carbons (Fsp3) is 0.896. The highest BCUT2D eigenvalue weighted by molar-refractivity contribution is 5.80. The number of aliphatic hydroxyl groups excluding tert-OH is 6. The summed E-state index contributed by atoms with van der Waals surface area (Å²) in [6, 6.07) is -0.994. The lowest BCUT2D eigenvalue weighted by molar-refractivity contribution is -0.302. The van der Waals surface area contributed by atoms with Crippen LogP contribution in [0.1, 0.15) is 207 Å². The van der Waals surface area contributed by atoms with Crippen LogP contribution in [0.3, 0.4) is 0 Å². The summed E-state index contributed by atoms with van der Waals surface area (Å²) in [5.41, 5.74) is 0. The Balaban J connectivity index is 2.39. The van der Waals surface area contributed by atoms with Gasteiger partial charge in [0.2, 0.25) is 5.91 Å². The lowest BCUT2D eigenvalue weighted by Crippen LogP contribution is -2.60. The van der Waals surface area contributed by atoms with E-state index >= 15 is 0 Å². The predicted molar refractivity (Wildman–Crippen MR) is 236 cm³/mol. The van der Waals surface area contributed by atoms with Crippen molar-refractivity contribution in [1.82, 2.24) is 5.32 Å². The van der Waals surface area contributed by atoms with Gasteiger partial charge in [-0.25, -0.2) is 0 Å². The summed E-state index contributed by atoms with van der Waals surface area (Å²) in [5, 5.41) is 64.6. The van der Waals surface area contributed by atoms with Crippen molar-refractivity contribution in [2.24, 2.45) is 5.92 Å². The maximum absolute atomic E-state index is 13.0. The van der Waals surface area contributed by atoms with Gasteiger partial charge < -0.3 is 45.4 Å². The second-order valence-electron chi connectivity index (χ2n) is 17.3. The van der Waals surface area contributed by atoms with Crippen molar-refractivity contribution in [3.05, 3.63) is 24.3 Å². The van der Waals surface area contributed by atoms with Crippen molar-refractivity contribution >= 4 is 5.91 Å². The fourth-order valence-electron chi connectivity index (χ4n) is 7.55. The summed E-state index contributed by atoms with van der Waals surface area (Å²) in [4.78, 5) is 13.0. The van der Waals surface area contributed by atoms with Crippen LogP contribution in [0.15, 0.2) is 24.3 Å². The molecule has 10 heteroatoms. The molecule has 0 aromatic heterocycles. The molecule has 1 aliphatic heterocycles. The molecule has 0 bridgehead atoms. The van der Waals surface area contributed by atoms with Gasteiger partial charge in [0, 0.05) is 0 Å². The van der Waals surface area contributed by atoms with Crippen LogP contribution >= 0.6 is 0 Å². The molecule has 1 amide bonds. The monoisotopic (exact) mass is 826 g/mol. The van der Waals surface area contributed by atoms with Gasteiger partial charge in [0.1, 0.15) is 30.5 Å². The normalized spacial score (nSPS) is 22.1. The van der Waals surface area contributed by atoms with Crippen molar-refractivity contribution in [2.75, 3.05) is 13.2 Å². The highest BCUT2D eigenvalue weighted by atomic mass is 16.7. The molecular weight excluding hydrogens is 735 g/mol. The highest BCUT2D eigenvalue weighted by Crippen LogP contribution is 2.23. The first-order valence-electron chi connectivity index (χ1n) is 24.1. The summed E-state index contributed by atoms with van der Waals surface area (Å²) in [5.74, 6) is 0.167. The summed E-state index contributed by atoms with van der Waals surface area (Å²) in [6.07, 6.45) is 32.8. The quantitative estimate of drug-likeness (QED) is 0.0236. The van der Waals surface area contributed by atoms with E-state index in [1.165, 1.54) is 141 Å². The summed E-state index contributed by atoms with van der Waals surface area (Å²) in [7, 11) is 0. The third kappa shape index (κ3) is 27.5. The number of hydrogen-bond acceptors (Lipinski definition) is 9. The Kier molecular flexibility index (Phi) is 35.2. The van der Waals surface area contributed by atoms with Crippen molar-refractivity contribution in [1.29, 1.82) is 0 Å². The number of allylic oxidation sites excluding steroid dienone is 3. The van der Waals surface area contributed by atoms with E-state index in [1.807, 2.05) is 12.2 Å². The summed E-state index contributed by atoms with van der Waals surface area (Å²) < 4.78 is 11.1. The molecule has 10 nitrogen and oxygen atoms in total. The number of hydrogen-bond donors (Lipinski definition) is 7. The zero-order valence-corrected chi connectivity index (χ0v) is 37.3. The van der Waals surface area contributed by atoms with E-state index in [9.17, 15) is 35.4 Å². The van der Waals surface area contributed by atoms with Crippen LogP contribution < -0.4 is 5.32 Å². The standard InChI is InChI=1S/C48H91NO9/c1-4-6-7-8-9-10-11-12-13-14-15-16-17-18-19-20-23-27-30-33-36-42(52)47(56)49-40(38-57-48-46(55)45(54)44(53)43(37-50)58-48)41(51)35-32-29-26-24-21-22-25-28-31-34-39(3)5-2/h27,30,32,35,39-46,48,50-55H,4-26,28-29,31,33-34,36-38H2,1-3H3,(H,49,56). The molecule has 0 aromatic rings. The summed E-state index contributed by atoms with van der Waals surface area (Å²) >= 11 is 0. The molecule has 1 aliphatic rings. The van der Waals surface area contributed by atoms with Crippen LogP contribution in [0.5, 0.6) is 0 Å². The minimum atomic E-state index is -1.61. The Morgan fingerprint density at radius 1 is 0.638 bits per heavy atom. The lowest BCUT2D eigenvalue weighted by Gasteiger charge is -2.40. The van der Waals surface area contributed by atoms with Gasteiger partial charge in [-0.2, -0.15) is 0 Å². The predicted octanol–water partition coefficient (Wildman–Crippen LogP) is 9.11. The third-order valence-corrected chi connectivity index (χ3v) is 11.9. The first kappa shape index (κ1) is 54.6. The van der Waals surface area contributed by atoms with E-state index in [0.29, 0.717) is 6.42 Å². The minimum absolute atomic E-state index is 0.228. The number of aliphatic hydroxyl groups is 6. The maximum Gasteiger partial charge on any atom is 0.249 e. The Hall–Kier alpha value is -1.37. The Labute approximate surface area is 354 Å². The molecule has 1 heterocycles. The molecule has 0 spiro atoms. The van der Waals surface area contributed by atoms with E-state index in [4.69, 9.17) is 9.47 Å². The van der Waals surface area contributed by atoms with E-state index in [1.54, 1.807) is 6.08 Å². The Morgan fingerprint density at radius 2 is 1.12 bits per heavy atom. The molecule has 1 saturated heterocycles. The molecule has 9 unspecified atom stereocenters. The zero-order valence-electron chi connectivity index (χ0n) is 37.3. The molecule has 58 heavy (non-hydrogen) atoms. The molecule has 1 fully saturated rings. The van der Waals surface area contributed by atoms with Crippen LogP contribution in [-0.4, -0.2) is 98.7 Å². The van der Waals surface area contributed by atoms with Gasteiger partial charge in [-0.3, -0.25) is 4.79 Å². The molecule has 7 N–H and O–H groups in total. The number of carbonyl (C=O) groups excluding carboxylic acids is 1. The fourth-order valence-corrected chi connectivity index (χ4v) is 7.55. The van der Waals surface area contributed by atoms with E-state index in [2.05, 4.69) is 32.2 Å². The number of amides is 1. The number of nitrogens with one attached hydrogen (secondary N) is 1. The second-order valence-corrected chi connectivity index (χ2v) is 17.3. The molecule has 0 saturated carbocycles. The minimum Gasteiger partial charge on any atom is -0.394 e. The number of unbranched alkanes of at least 4 members (excludes halogenated alkanes) is 23. The molecule has 0 aliphatic carbocycles. The molecular formula is C48H91NO9. The lowest BCUT2D eigenvalue weighted by atomic mass is 9.99. The van der Waals surface area contributed by atoms with E-state index in [-0.39, 0.29) is 13.0 Å². The van der Waals surface area contributed by atoms with E-state index in [0.717, 1.165) is 38.0 Å². The number of carbonyl (C=O) groups is 1. The van der Waals surface area contributed by atoms with Crippen molar-refractivity contribution in [3.8, 4) is 0 Å². The van der Waals surface area contributed by atoms with Gasteiger partial charge in [0.25, 0.3) is 0 Å². The van der Waals surface area contributed by atoms with Crippen molar-refractivity contribution < 1.29 is 44.9 Å². The third-order valence-electron chi connectivity index (χ3n) is 11.9. The topological polar surface area (TPSA) is 169 Å². The average Bonchev–Trinajstić information content (AvgIpc) is 3.22. The largest absolute Gasteiger partial charge is 0.394 e. The van der Waals surface area contributed by atoms with Gasteiger partial charge in [-0.1, -0.05) is 193 Å². The smallest absolute Gasteiger partial charge is 0.249 e. The van der Waals surface area contributed by atoms with Gasteiger partial charge >= 0.3 is 0 Å². The molecule has 1 rings (SSSR count). The first-order valence-corrected chi connectivity index (χ1v) is 24.1. The van der Waals surface area contributed by atoms with Crippen molar-refractivity contribution in [2.45, 2.75) is 256 Å². The van der Waals surface area contributed by atoms with E-state index < -0.39 is 61.5 Å². The van der Waals surface area contributed by atoms with Gasteiger partial charge in [0.05, 0.1) is 25.4 Å². The Bertz CT molecular complexity index is 994. The van der Waals surface area contributed by atoms with Gasteiger partial charge in [0.15, 0.2) is 6.29 Å². The number of ether oxygens (including phenoxy) is 2. The maximum atomic E-state index is 13.0.